The van der Waals surface area contributed by atoms with Crippen LogP contribution in [0.5, 0.6) is 11.5 Å². The lowest BCUT2D eigenvalue weighted by Crippen LogP contribution is -1.95. The maximum Gasteiger partial charge on any atom is 0.194 e. The molecular formula is C23H24I2O3. The summed E-state index contributed by atoms with van der Waals surface area (Å²) in [5.41, 5.74) is 4.32. The number of carbonyl (C=O) groups is 1. The summed E-state index contributed by atoms with van der Waals surface area (Å²) in [6, 6.07) is 13.2. The zero-order valence-electron chi connectivity index (χ0n) is 16.5. The number of phenols is 1. The molecule has 1 N–H and O–H groups in total. The van der Waals surface area contributed by atoms with Crippen molar-refractivity contribution < 1.29 is 14.6 Å². The van der Waals surface area contributed by atoms with Gasteiger partial charge in [0.15, 0.2) is 5.78 Å². The van der Waals surface area contributed by atoms with E-state index in [4.69, 9.17) is 4.74 Å². The minimum atomic E-state index is -0.0143. The average Bonchev–Trinajstić information content (AvgIpc) is 3.34. The molecule has 0 aromatic heterocycles. The highest BCUT2D eigenvalue weighted by molar-refractivity contribution is 15.0. The van der Waals surface area contributed by atoms with Crippen LogP contribution in [0.3, 0.4) is 0 Å². The van der Waals surface area contributed by atoms with Crippen molar-refractivity contribution in [2.45, 2.75) is 34.1 Å². The molecule has 0 bridgehead atoms. The van der Waals surface area contributed by atoms with E-state index in [1.807, 2.05) is 58.0 Å². The van der Waals surface area contributed by atoms with Gasteiger partial charge in [0.25, 0.3) is 0 Å². The predicted octanol–water partition coefficient (Wildman–Crippen LogP) is 7.52. The first-order valence-corrected chi connectivity index (χ1v) is 15.8. The number of benzene rings is 3. The van der Waals surface area contributed by atoms with Crippen LogP contribution in [-0.2, 0) is 6.42 Å². The molecular weight excluding hydrogens is 578 g/mol. The molecule has 0 atom stereocenters. The number of hydrogen-bond donors (Lipinski definition) is 1. The van der Waals surface area contributed by atoms with E-state index in [9.17, 15) is 9.90 Å². The maximum atomic E-state index is 12.6. The highest BCUT2D eigenvalue weighted by Gasteiger charge is 2.30. The Morgan fingerprint density at radius 2 is 1.54 bits per heavy atom. The third-order valence-corrected chi connectivity index (χ3v) is 4.61. The lowest BCUT2D eigenvalue weighted by Gasteiger charge is -2.10. The minimum absolute atomic E-state index is 0.0143. The molecule has 1 aliphatic carbocycles. The van der Waals surface area contributed by atoms with E-state index < -0.39 is 0 Å². The van der Waals surface area contributed by atoms with E-state index >= 15 is 0 Å². The molecule has 0 radical (unpaired) electrons. The van der Waals surface area contributed by atoms with Gasteiger partial charge in [-0.15, -0.1) is 0 Å². The van der Waals surface area contributed by atoms with Gasteiger partial charge in [-0.3, -0.25) is 4.79 Å². The van der Waals surface area contributed by atoms with Gasteiger partial charge in [0.1, 0.15) is 11.5 Å². The van der Waals surface area contributed by atoms with Crippen molar-refractivity contribution in [3.05, 3.63) is 59.2 Å². The number of hydrogen-bond acceptors (Lipinski definition) is 3. The average molecular weight is 602 g/mol. The number of halogens is 2. The molecule has 148 valence electrons. The smallest absolute Gasteiger partial charge is 0.194 e. The molecule has 5 heteroatoms. The van der Waals surface area contributed by atoms with E-state index in [0.717, 1.165) is 39.6 Å². The van der Waals surface area contributed by atoms with E-state index in [2.05, 4.69) is 43.3 Å². The molecule has 28 heavy (non-hydrogen) atoms. The molecule has 0 saturated carbocycles. The molecule has 0 unspecified atom stereocenters. The van der Waals surface area contributed by atoms with Crippen molar-refractivity contribution in [1.29, 1.82) is 0 Å². The lowest BCUT2D eigenvalue weighted by atomic mass is 9.95. The van der Waals surface area contributed by atoms with E-state index in [1.165, 1.54) is 0 Å². The van der Waals surface area contributed by atoms with Crippen molar-refractivity contribution in [1.82, 2.24) is 0 Å². The number of aromatic hydroxyl groups is 1. The quantitative estimate of drug-likeness (QED) is 0.212. The van der Waals surface area contributed by atoms with Crippen molar-refractivity contribution in [2.24, 2.45) is 0 Å². The van der Waals surface area contributed by atoms with Crippen molar-refractivity contribution in [2.75, 3.05) is 6.61 Å². The third-order valence-electron chi connectivity index (χ3n) is 4.61. The molecule has 2 aliphatic rings. The van der Waals surface area contributed by atoms with Gasteiger partial charge in [-0.2, -0.15) is 0 Å². The summed E-state index contributed by atoms with van der Waals surface area (Å²) in [6.45, 7) is 8.67. The Morgan fingerprint density at radius 3 is 2.21 bits per heavy atom. The van der Waals surface area contributed by atoms with Gasteiger partial charge in [0.2, 0.25) is 0 Å². The SMILES string of the molecule is CC.CC.II.O=C1c2ccccc2-c2c1cc(O)c1cc3c(cc21)CCO3. The Labute approximate surface area is 189 Å². The standard InChI is InChI=1S/C19H12O3.2C2H6.I2/c20-16-8-15-18(11-3-1-2-4-12(11)19(15)21)14-7-10-5-6-22-17(10)9-13(14)16;3*1-2/h1-4,7-9,20H,5-6H2;2*1-2H3;. The molecule has 1 heterocycles. The van der Waals surface area contributed by atoms with Crippen LogP contribution in [0, 0.1) is 0 Å². The Kier molecular flexibility index (Phi) is 8.55. The van der Waals surface area contributed by atoms with Crippen LogP contribution in [0.4, 0.5) is 0 Å². The third kappa shape index (κ3) is 3.87. The summed E-state index contributed by atoms with van der Waals surface area (Å²) in [5, 5.41) is 12.0. The summed E-state index contributed by atoms with van der Waals surface area (Å²) in [5.74, 6) is 0.952. The second-order valence-electron chi connectivity index (χ2n) is 5.80. The van der Waals surface area contributed by atoms with Crippen LogP contribution < -0.4 is 4.74 Å². The number of phenolic OH excluding ortho intramolecular Hbond substituents is 1. The Hall–Kier alpha value is -1.35. The van der Waals surface area contributed by atoms with E-state index in [1.54, 1.807) is 6.07 Å². The van der Waals surface area contributed by atoms with Crippen molar-refractivity contribution in [3.63, 3.8) is 0 Å². The number of rotatable bonds is 0. The van der Waals surface area contributed by atoms with Crippen LogP contribution in [0.1, 0.15) is 49.2 Å². The van der Waals surface area contributed by atoms with Crippen LogP contribution in [0.2, 0.25) is 0 Å². The summed E-state index contributed by atoms with van der Waals surface area (Å²) < 4.78 is 5.59. The van der Waals surface area contributed by atoms with E-state index in [-0.39, 0.29) is 11.5 Å². The zero-order chi connectivity index (χ0) is 20.8. The topological polar surface area (TPSA) is 46.5 Å². The lowest BCUT2D eigenvalue weighted by molar-refractivity contribution is 0.104. The van der Waals surface area contributed by atoms with Crippen molar-refractivity contribution in [3.8, 4) is 22.6 Å². The number of ether oxygens (including phenoxy) is 1. The first-order chi connectivity index (χ1) is 13.7. The van der Waals surface area contributed by atoms with Gasteiger partial charge in [0.05, 0.1) is 6.61 Å². The van der Waals surface area contributed by atoms with Gasteiger partial charge >= 0.3 is 0 Å². The Balaban J connectivity index is 0.000000430. The first-order valence-electron chi connectivity index (χ1n) is 9.48. The van der Waals surface area contributed by atoms with Crippen LogP contribution in [0.25, 0.3) is 21.9 Å². The molecule has 3 aromatic rings. The number of ketones is 1. The maximum absolute atomic E-state index is 12.6. The van der Waals surface area contributed by atoms with Crippen LogP contribution in [0.15, 0.2) is 42.5 Å². The fraction of sp³-hybridized carbons (Fsp3) is 0.261. The zero-order valence-corrected chi connectivity index (χ0v) is 20.8. The van der Waals surface area contributed by atoms with E-state index in [0.29, 0.717) is 17.7 Å². The molecule has 0 amide bonds. The summed E-state index contributed by atoms with van der Waals surface area (Å²) in [4.78, 5) is 12.6. The molecule has 0 spiro atoms. The number of carbonyl (C=O) groups excluding carboxylic acids is 1. The Bertz CT molecular complexity index is 997. The van der Waals surface area contributed by atoms with Gasteiger partial charge in [-0.25, -0.2) is 0 Å². The molecule has 0 saturated heterocycles. The highest BCUT2D eigenvalue weighted by atomic mass is 128. The largest absolute Gasteiger partial charge is 0.507 e. The van der Waals surface area contributed by atoms with Crippen LogP contribution >= 0.6 is 37.2 Å². The van der Waals surface area contributed by atoms with Crippen LogP contribution in [-0.4, -0.2) is 17.5 Å². The summed E-state index contributed by atoms with van der Waals surface area (Å²) in [6.07, 6.45) is 0.866. The predicted molar refractivity (Wildman–Crippen MR) is 134 cm³/mol. The molecule has 5 rings (SSSR count). The first kappa shape index (κ1) is 22.9. The Morgan fingerprint density at radius 1 is 0.893 bits per heavy atom. The molecule has 0 fully saturated rings. The fourth-order valence-corrected chi connectivity index (χ4v) is 3.59. The fourth-order valence-electron chi connectivity index (χ4n) is 3.59. The van der Waals surface area contributed by atoms with Gasteiger partial charge in [0, 0.05) is 65.7 Å². The summed E-state index contributed by atoms with van der Waals surface area (Å²) >= 11 is 4.24. The van der Waals surface area contributed by atoms with Gasteiger partial charge < -0.3 is 9.84 Å². The second kappa shape index (κ2) is 10.4. The normalized spacial score (nSPS) is 12.1. The minimum Gasteiger partial charge on any atom is -0.507 e. The van der Waals surface area contributed by atoms with Gasteiger partial charge in [-0.1, -0.05) is 52.0 Å². The molecule has 1 aliphatic heterocycles. The van der Waals surface area contributed by atoms with Crippen molar-refractivity contribution >= 4 is 53.8 Å². The highest BCUT2D eigenvalue weighted by Crippen LogP contribution is 2.46. The van der Waals surface area contributed by atoms with Gasteiger partial charge in [-0.05, 0) is 34.7 Å². The molecule has 3 nitrogen and oxygen atoms in total. The summed E-state index contributed by atoms with van der Waals surface area (Å²) in [7, 11) is 0. The second-order valence-corrected chi connectivity index (χ2v) is 5.80. The molecule has 3 aromatic carbocycles. The monoisotopic (exact) mass is 602 g/mol. The number of fused-ring (bicyclic) bond motifs is 6.